The van der Waals surface area contributed by atoms with Crippen molar-refractivity contribution in [2.75, 3.05) is 37.4 Å². The molecule has 0 unspecified atom stereocenters. The smallest absolute Gasteiger partial charge is 0.256 e. The Morgan fingerprint density at radius 1 is 1.14 bits per heavy atom. The summed E-state index contributed by atoms with van der Waals surface area (Å²) in [7, 11) is 3.76. The maximum absolute atomic E-state index is 13.8. The van der Waals surface area contributed by atoms with E-state index in [2.05, 4.69) is 10.3 Å². The van der Waals surface area contributed by atoms with Gasteiger partial charge in [-0.3, -0.25) is 9.59 Å². The highest BCUT2D eigenvalue weighted by Gasteiger charge is 2.29. The molecule has 1 aromatic carbocycles. The number of likely N-dealkylation sites (tertiary alicyclic amines) is 1. The first kappa shape index (κ1) is 19.7. The number of rotatable bonds is 4. The minimum Gasteiger partial charge on any atom is -0.363 e. The van der Waals surface area contributed by atoms with Crippen LogP contribution >= 0.6 is 0 Å². The van der Waals surface area contributed by atoms with Gasteiger partial charge in [0.25, 0.3) is 5.91 Å². The summed E-state index contributed by atoms with van der Waals surface area (Å²) in [5.74, 6) is -1.66. The molecule has 2 aromatic rings. The van der Waals surface area contributed by atoms with Crippen molar-refractivity contribution in [1.29, 1.82) is 0 Å². The largest absolute Gasteiger partial charge is 0.363 e. The summed E-state index contributed by atoms with van der Waals surface area (Å²) < 4.78 is 26.8. The number of carbonyl (C=O) groups excluding carboxylic acids is 2. The third-order valence-electron chi connectivity index (χ3n) is 4.79. The van der Waals surface area contributed by atoms with Crippen LogP contribution in [0.1, 0.15) is 23.2 Å². The second-order valence-corrected chi connectivity index (χ2v) is 6.98. The van der Waals surface area contributed by atoms with E-state index >= 15 is 0 Å². The molecule has 1 fully saturated rings. The molecule has 148 valence electrons. The molecule has 3 rings (SSSR count). The normalized spacial score (nSPS) is 14.6. The molecule has 0 saturated carbocycles. The predicted octanol–water partition coefficient (Wildman–Crippen LogP) is 2.92. The van der Waals surface area contributed by atoms with Crippen molar-refractivity contribution >= 4 is 23.3 Å². The summed E-state index contributed by atoms with van der Waals surface area (Å²) in [6.07, 6.45) is 2.55. The lowest BCUT2D eigenvalue weighted by molar-refractivity contribution is -0.121. The van der Waals surface area contributed by atoms with Crippen LogP contribution in [-0.4, -0.2) is 48.9 Å². The van der Waals surface area contributed by atoms with Crippen molar-refractivity contribution < 1.29 is 18.4 Å². The first-order valence-electron chi connectivity index (χ1n) is 9.03. The predicted molar refractivity (Wildman–Crippen MR) is 102 cm³/mol. The van der Waals surface area contributed by atoms with Crippen LogP contribution in [0.4, 0.5) is 20.3 Å². The number of carbonyl (C=O) groups is 2. The second kappa shape index (κ2) is 8.33. The number of aromatic nitrogens is 1. The van der Waals surface area contributed by atoms with E-state index < -0.39 is 17.5 Å². The molecule has 0 spiro atoms. The first-order chi connectivity index (χ1) is 13.3. The van der Waals surface area contributed by atoms with Gasteiger partial charge in [-0.2, -0.15) is 0 Å². The second-order valence-electron chi connectivity index (χ2n) is 6.98. The molecule has 1 aliphatic rings. The average molecular weight is 388 g/mol. The number of halogens is 2. The fourth-order valence-electron chi connectivity index (χ4n) is 3.15. The summed E-state index contributed by atoms with van der Waals surface area (Å²) in [6, 6.07) is 6.51. The number of piperidine rings is 1. The molecule has 1 N–H and O–H groups in total. The molecule has 1 saturated heterocycles. The van der Waals surface area contributed by atoms with Crippen molar-refractivity contribution in [3.63, 3.8) is 0 Å². The Bertz CT molecular complexity index is 863. The van der Waals surface area contributed by atoms with E-state index in [-0.39, 0.29) is 17.4 Å². The summed E-state index contributed by atoms with van der Waals surface area (Å²) in [6.45, 7) is 0.678. The van der Waals surface area contributed by atoms with E-state index in [1.54, 1.807) is 12.3 Å². The summed E-state index contributed by atoms with van der Waals surface area (Å²) in [4.78, 5) is 32.5. The molecular formula is C20H22F2N4O2. The van der Waals surface area contributed by atoms with Gasteiger partial charge in [0.05, 0.1) is 17.4 Å². The maximum Gasteiger partial charge on any atom is 0.256 e. The van der Waals surface area contributed by atoms with Crippen molar-refractivity contribution in [3.8, 4) is 0 Å². The van der Waals surface area contributed by atoms with Gasteiger partial charge in [0.2, 0.25) is 5.91 Å². The highest BCUT2D eigenvalue weighted by molar-refractivity contribution is 5.95. The van der Waals surface area contributed by atoms with Crippen LogP contribution in [0.3, 0.4) is 0 Å². The van der Waals surface area contributed by atoms with Crippen molar-refractivity contribution in [3.05, 3.63) is 53.7 Å². The molecule has 6 nitrogen and oxygen atoms in total. The molecule has 0 atom stereocenters. The maximum atomic E-state index is 13.8. The van der Waals surface area contributed by atoms with Gasteiger partial charge in [0.15, 0.2) is 0 Å². The number of nitrogens with zero attached hydrogens (tertiary/aromatic N) is 3. The fourth-order valence-corrected chi connectivity index (χ4v) is 3.15. The van der Waals surface area contributed by atoms with Crippen molar-refractivity contribution in [1.82, 2.24) is 9.88 Å². The lowest BCUT2D eigenvalue weighted by Crippen LogP contribution is -2.41. The van der Waals surface area contributed by atoms with E-state index in [1.807, 2.05) is 25.1 Å². The Morgan fingerprint density at radius 2 is 1.86 bits per heavy atom. The number of hydrogen-bond donors (Lipinski definition) is 1. The van der Waals surface area contributed by atoms with Crippen molar-refractivity contribution in [2.24, 2.45) is 5.92 Å². The molecule has 8 heteroatoms. The Labute approximate surface area is 162 Å². The number of amides is 2. The van der Waals surface area contributed by atoms with E-state index in [0.29, 0.717) is 37.7 Å². The molecule has 1 aliphatic heterocycles. The van der Waals surface area contributed by atoms with Gasteiger partial charge in [-0.25, -0.2) is 13.8 Å². The lowest BCUT2D eigenvalue weighted by atomic mass is 9.95. The van der Waals surface area contributed by atoms with E-state index in [0.717, 1.165) is 18.0 Å². The minimum atomic E-state index is -0.876. The van der Waals surface area contributed by atoms with Gasteiger partial charge >= 0.3 is 0 Å². The fraction of sp³-hybridized carbons (Fsp3) is 0.350. The number of nitrogens with one attached hydrogen (secondary N) is 1. The van der Waals surface area contributed by atoms with Gasteiger partial charge < -0.3 is 15.1 Å². The Hall–Kier alpha value is -3.03. The van der Waals surface area contributed by atoms with E-state index in [9.17, 15) is 18.4 Å². The highest BCUT2D eigenvalue weighted by atomic mass is 19.1. The van der Waals surface area contributed by atoms with Gasteiger partial charge in [0.1, 0.15) is 17.5 Å². The monoisotopic (exact) mass is 388 g/mol. The van der Waals surface area contributed by atoms with Gasteiger partial charge in [-0.1, -0.05) is 0 Å². The summed E-state index contributed by atoms with van der Waals surface area (Å²) in [5, 5.41) is 2.84. The third kappa shape index (κ3) is 4.44. The molecule has 0 radical (unpaired) electrons. The molecule has 28 heavy (non-hydrogen) atoms. The van der Waals surface area contributed by atoms with Crippen LogP contribution in [0.5, 0.6) is 0 Å². The van der Waals surface area contributed by atoms with Gasteiger partial charge in [-0.05, 0) is 37.1 Å². The Morgan fingerprint density at radius 3 is 2.43 bits per heavy atom. The SMILES string of the molecule is CN(C)c1ccc(NC(=O)C2CCN(C(=O)c3ccc(F)cc3F)CC2)cn1. The van der Waals surface area contributed by atoms with Crippen LogP contribution in [0.25, 0.3) is 0 Å². The Balaban J connectivity index is 1.55. The molecule has 0 bridgehead atoms. The van der Waals surface area contributed by atoms with Crippen LogP contribution in [0, 0.1) is 17.6 Å². The lowest BCUT2D eigenvalue weighted by Gasteiger charge is -2.31. The quantitative estimate of drug-likeness (QED) is 0.875. The topological polar surface area (TPSA) is 65.5 Å². The summed E-state index contributed by atoms with van der Waals surface area (Å²) in [5.41, 5.74) is 0.457. The van der Waals surface area contributed by atoms with Crippen LogP contribution in [-0.2, 0) is 4.79 Å². The number of benzene rings is 1. The third-order valence-corrected chi connectivity index (χ3v) is 4.79. The van der Waals surface area contributed by atoms with Gasteiger partial charge in [-0.15, -0.1) is 0 Å². The van der Waals surface area contributed by atoms with E-state index in [4.69, 9.17) is 0 Å². The zero-order chi connectivity index (χ0) is 20.3. The van der Waals surface area contributed by atoms with Crippen LogP contribution < -0.4 is 10.2 Å². The molecule has 0 aliphatic carbocycles. The highest BCUT2D eigenvalue weighted by Crippen LogP contribution is 2.22. The Kier molecular flexibility index (Phi) is 5.87. The first-order valence-corrected chi connectivity index (χ1v) is 9.03. The zero-order valence-corrected chi connectivity index (χ0v) is 15.8. The number of hydrogen-bond acceptors (Lipinski definition) is 4. The average Bonchev–Trinajstić information content (AvgIpc) is 2.68. The molecule has 1 aromatic heterocycles. The summed E-state index contributed by atoms with van der Waals surface area (Å²) >= 11 is 0. The van der Waals surface area contributed by atoms with Crippen LogP contribution in [0.15, 0.2) is 36.5 Å². The van der Waals surface area contributed by atoms with Gasteiger partial charge in [0, 0.05) is 39.2 Å². The number of pyridine rings is 1. The standard InChI is InChI=1S/C20H22F2N4O2/c1-25(2)18-6-4-15(12-23-18)24-19(27)13-7-9-26(10-8-13)20(28)16-5-3-14(21)11-17(16)22/h3-6,11-13H,7-10H2,1-2H3,(H,24,27). The van der Waals surface area contributed by atoms with Crippen LogP contribution in [0.2, 0.25) is 0 Å². The zero-order valence-electron chi connectivity index (χ0n) is 15.8. The van der Waals surface area contributed by atoms with E-state index in [1.165, 1.54) is 4.90 Å². The molecular weight excluding hydrogens is 366 g/mol. The van der Waals surface area contributed by atoms with Crippen molar-refractivity contribution in [2.45, 2.75) is 12.8 Å². The number of anilines is 2. The minimum absolute atomic E-state index is 0.125. The molecule has 2 amide bonds. The molecule has 2 heterocycles.